The number of carbonyl (C=O) groups is 1. The molecule has 4 heteroatoms. The SMILES string of the molecule is O=C1Nc2ccc(C#CCCN3CCC(Cc4ccccc4)CC3)cc2C1O. The summed E-state index contributed by atoms with van der Waals surface area (Å²) < 4.78 is 0. The largest absolute Gasteiger partial charge is 0.378 e. The number of benzene rings is 2. The number of aliphatic hydroxyl groups is 1. The third-order valence-corrected chi connectivity index (χ3v) is 5.71. The maximum absolute atomic E-state index is 11.5. The summed E-state index contributed by atoms with van der Waals surface area (Å²) in [5.41, 5.74) is 3.60. The van der Waals surface area contributed by atoms with Crippen LogP contribution in [-0.4, -0.2) is 35.5 Å². The minimum atomic E-state index is -1.08. The summed E-state index contributed by atoms with van der Waals surface area (Å²) in [6, 6.07) is 16.3. The lowest BCUT2D eigenvalue weighted by Crippen LogP contribution is -2.34. The van der Waals surface area contributed by atoms with Gasteiger partial charge in [-0.3, -0.25) is 4.79 Å². The van der Waals surface area contributed by atoms with Crippen molar-refractivity contribution in [3.05, 3.63) is 65.2 Å². The third kappa shape index (κ3) is 4.44. The highest BCUT2D eigenvalue weighted by molar-refractivity contribution is 6.01. The highest BCUT2D eigenvalue weighted by atomic mass is 16.3. The molecule has 28 heavy (non-hydrogen) atoms. The van der Waals surface area contributed by atoms with Gasteiger partial charge in [-0.2, -0.15) is 0 Å². The van der Waals surface area contributed by atoms with E-state index in [0.717, 1.165) is 37.5 Å². The molecule has 0 aromatic heterocycles. The second kappa shape index (κ2) is 8.60. The summed E-state index contributed by atoms with van der Waals surface area (Å²) in [7, 11) is 0. The number of amides is 1. The topological polar surface area (TPSA) is 52.6 Å². The highest BCUT2D eigenvalue weighted by Crippen LogP contribution is 2.31. The van der Waals surface area contributed by atoms with Gasteiger partial charge in [0.2, 0.25) is 0 Å². The number of piperidine rings is 1. The minimum absolute atomic E-state index is 0.365. The normalized spacial score (nSPS) is 19.6. The third-order valence-electron chi connectivity index (χ3n) is 5.71. The molecule has 2 aliphatic heterocycles. The first-order valence-corrected chi connectivity index (χ1v) is 10.1. The lowest BCUT2D eigenvalue weighted by atomic mass is 9.90. The number of likely N-dealkylation sites (tertiary alicyclic amines) is 1. The summed E-state index contributed by atoms with van der Waals surface area (Å²) in [6.45, 7) is 3.30. The van der Waals surface area contributed by atoms with Gasteiger partial charge in [-0.05, 0) is 62.0 Å². The van der Waals surface area contributed by atoms with Crippen LogP contribution in [0.15, 0.2) is 48.5 Å². The predicted molar refractivity (Wildman–Crippen MR) is 111 cm³/mol. The summed E-state index contributed by atoms with van der Waals surface area (Å²) in [5, 5.41) is 12.5. The highest BCUT2D eigenvalue weighted by Gasteiger charge is 2.28. The van der Waals surface area contributed by atoms with Crippen molar-refractivity contribution in [2.75, 3.05) is 25.0 Å². The zero-order valence-electron chi connectivity index (χ0n) is 16.0. The Bertz CT molecular complexity index is 890. The van der Waals surface area contributed by atoms with Crippen LogP contribution in [0.2, 0.25) is 0 Å². The van der Waals surface area contributed by atoms with Gasteiger partial charge in [0.05, 0.1) is 0 Å². The second-order valence-corrected chi connectivity index (χ2v) is 7.72. The van der Waals surface area contributed by atoms with Gasteiger partial charge in [0.1, 0.15) is 0 Å². The molecule has 2 heterocycles. The fraction of sp³-hybridized carbons (Fsp3) is 0.375. The molecule has 1 unspecified atom stereocenters. The van der Waals surface area contributed by atoms with Crippen LogP contribution in [-0.2, 0) is 11.2 Å². The molecule has 0 aliphatic carbocycles. The maximum Gasteiger partial charge on any atom is 0.257 e. The smallest absolute Gasteiger partial charge is 0.257 e. The number of nitrogens with zero attached hydrogens (tertiary/aromatic N) is 1. The molecular weight excluding hydrogens is 348 g/mol. The van der Waals surface area contributed by atoms with Gasteiger partial charge < -0.3 is 15.3 Å². The van der Waals surface area contributed by atoms with Crippen molar-refractivity contribution >= 4 is 11.6 Å². The Hall–Kier alpha value is -2.61. The van der Waals surface area contributed by atoms with Crippen LogP contribution in [0, 0.1) is 17.8 Å². The number of rotatable bonds is 4. The fourth-order valence-electron chi connectivity index (χ4n) is 4.06. The number of anilines is 1. The predicted octanol–water partition coefficient (Wildman–Crippen LogP) is 3.37. The van der Waals surface area contributed by atoms with E-state index >= 15 is 0 Å². The first kappa shape index (κ1) is 18.7. The molecule has 0 saturated carbocycles. The minimum Gasteiger partial charge on any atom is -0.378 e. The second-order valence-electron chi connectivity index (χ2n) is 7.72. The van der Waals surface area contributed by atoms with Gasteiger partial charge in [-0.25, -0.2) is 0 Å². The summed E-state index contributed by atoms with van der Waals surface area (Å²) in [5.74, 6) is 6.83. The molecule has 2 aromatic rings. The number of nitrogens with one attached hydrogen (secondary N) is 1. The van der Waals surface area contributed by atoms with E-state index in [1.807, 2.05) is 12.1 Å². The van der Waals surface area contributed by atoms with Gasteiger partial charge >= 0.3 is 0 Å². The Morgan fingerprint density at radius 2 is 1.89 bits per heavy atom. The van der Waals surface area contributed by atoms with Crippen LogP contribution in [0.3, 0.4) is 0 Å². The Morgan fingerprint density at radius 1 is 1.11 bits per heavy atom. The maximum atomic E-state index is 11.5. The lowest BCUT2D eigenvalue weighted by Gasteiger charge is -2.31. The number of aliphatic hydroxyl groups excluding tert-OH is 1. The monoisotopic (exact) mass is 374 g/mol. The first-order valence-electron chi connectivity index (χ1n) is 10.1. The molecule has 0 bridgehead atoms. The molecule has 144 valence electrons. The van der Waals surface area contributed by atoms with Crippen LogP contribution in [0.25, 0.3) is 0 Å². The van der Waals surface area contributed by atoms with Crippen molar-refractivity contribution in [2.24, 2.45) is 5.92 Å². The summed E-state index contributed by atoms with van der Waals surface area (Å²) >= 11 is 0. The molecule has 1 fully saturated rings. The molecule has 4 rings (SSSR count). The van der Waals surface area contributed by atoms with E-state index in [1.54, 1.807) is 6.07 Å². The van der Waals surface area contributed by atoms with Crippen molar-refractivity contribution in [2.45, 2.75) is 31.8 Å². The van der Waals surface area contributed by atoms with Crippen molar-refractivity contribution < 1.29 is 9.90 Å². The molecule has 2 N–H and O–H groups in total. The Morgan fingerprint density at radius 3 is 2.68 bits per heavy atom. The van der Waals surface area contributed by atoms with Crippen LogP contribution in [0.5, 0.6) is 0 Å². The number of carbonyl (C=O) groups excluding carboxylic acids is 1. The Kier molecular flexibility index (Phi) is 5.76. The average Bonchev–Trinajstić information content (AvgIpc) is 3.01. The van der Waals surface area contributed by atoms with E-state index in [2.05, 4.69) is 52.4 Å². The van der Waals surface area contributed by atoms with Crippen LogP contribution >= 0.6 is 0 Å². The van der Waals surface area contributed by atoms with Crippen molar-refractivity contribution in [1.82, 2.24) is 4.90 Å². The molecule has 2 aliphatic rings. The van der Waals surface area contributed by atoms with Crippen LogP contribution in [0.1, 0.15) is 42.1 Å². The van der Waals surface area contributed by atoms with E-state index in [-0.39, 0.29) is 5.91 Å². The number of fused-ring (bicyclic) bond motifs is 1. The standard InChI is InChI=1S/C24H26N2O2/c27-23-21-17-19(9-10-22(21)25-24(23)28)8-4-5-13-26-14-11-20(12-15-26)16-18-6-2-1-3-7-18/h1-3,6-7,9-10,17,20,23,27H,5,11-16H2,(H,25,28). The van der Waals surface area contributed by atoms with Crippen molar-refractivity contribution in [3.8, 4) is 11.8 Å². The van der Waals surface area contributed by atoms with Crippen molar-refractivity contribution in [1.29, 1.82) is 0 Å². The molecular formula is C24H26N2O2. The molecule has 1 saturated heterocycles. The quantitative estimate of drug-likeness (QED) is 0.807. The molecule has 1 amide bonds. The van der Waals surface area contributed by atoms with Crippen molar-refractivity contribution in [3.63, 3.8) is 0 Å². The zero-order chi connectivity index (χ0) is 19.3. The Balaban J connectivity index is 1.22. The van der Waals surface area contributed by atoms with Crippen LogP contribution in [0.4, 0.5) is 5.69 Å². The van der Waals surface area contributed by atoms with Gasteiger partial charge in [-0.15, -0.1) is 0 Å². The molecule has 1 atom stereocenters. The van der Waals surface area contributed by atoms with E-state index in [9.17, 15) is 9.90 Å². The molecule has 2 aromatic carbocycles. The lowest BCUT2D eigenvalue weighted by molar-refractivity contribution is -0.123. The molecule has 0 radical (unpaired) electrons. The van der Waals surface area contributed by atoms with Gasteiger partial charge in [0.15, 0.2) is 6.10 Å². The fourth-order valence-corrected chi connectivity index (χ4v) is 4.06. The van der Waals surface area contributed by atoms with E-state index in [0.29, 0.717) is 11.3 Å². The number of hydrogen-bond acceptors (Lipinski definition) is 3. The Labute approximate surface area is 166 Å². The van der Waals surface area contributed by atoms with E-state index in [4.69, 9.17) is 0 Å². The number of hydrogen-bond donors (Lipinski definition) is 2. The van der Waals surface area contributed by atoms with Crippen LogP contribution < -0.4 is 5.32 Å². The zero-order valence-corrected chi connectivity index (χ0v) is 16.0. The van der Waals surface area contributed by atoms with E-state index in [1.165, 1.54) is 24.8 Å². The summed E-state index contributed by atoms with van der Waals surface area (Å²) in [6.07, 6.45) is 3.46. The van der Waals surface area contributed by atoms with E-state index < -0.39 is 6.10 Å². The molecule has 4 nitrogen and oxygen atoms in total. The van der Waals surface area contributed by atoms with Gasteiger partial charge in [0.25, 0.3) is 5.91 Å². The van der Waals surface area contributed by atoms with Gasteiger partial charge in [0, 0.05) is 29.8 Å². The average molecular weight is 374 g/mol. The summed E-state index contributed by atoms with van der Waals surface area (Å²) in [4.78, 5) is 14.0. The molecule has 0 spiro atoms. The van der Waals surface area contributed by atoms with Gasteiger partial charge in [-0.1, -0.05) is 42.2 Å². The first-order chi connectivity index (χ1) is 13.7.